The number of rotatable bonds is 4. The Morgan fingerprint density at radius 3 is 2.57 bits per heavy atom. The molecule has 0 aliphatic carbocycles. The molecule has 1 aromatic rings. The van der Waals surface area contributed by atoms with E-state index in [0.717, 1.165) is 5.56 Å². The first-order valence-electron chi connectivity index (χ1n) is 6.37. The number of thiocarbonyl (C=S) groups is 1. The predicted octanol–water partition coefficient (Wildman–Crippen LogP) is 1.16. The lowest BCUT2D eigenvalue weighted by atomic mass is 10.1. The summed E-state index contributed by atoms with van der Waals surface area (Å²) in [4.78, 5) is 25.4. The fourth-order valence-corrected chi connectivity index (χ4v) is 2.35. The molecule has 0 aromatic heterocycles. The molecule has 7 heteroatoms. The van der Waals surface area contributed by atoms with Crippen molar-refractivity contribution in [2.24, 2.45) is 5.73 Å². The molecule has 2 rings (SSSR count). The molecular formula is C14H17N3O3S. The zero-order chi connectivity index (χ0) is 15.8. The maximum absolute atomic E-state index is 12.2. The van der Waals surface area contributed by atoms with Crippen molar-refractivity contribution in [2.75, 3.05) is 7.11 Å². The molecule has 1 aromatic carbocycles. The van der Waals surface area contributed by atoms with E-state index in [2.05, 4.69) is 5.32 Å². The normalized spacial score (nSPS) is 16.8. The van der Waals surface area contributed by atoms with Gasteiger partial charge in [0.25, 0.3) is 5.91 Å². The van der Waals surface area contributed by atoms with Crippen molar-refractivity contribution in [3.8, 4) is 5.75 Å². The number of nitrogens with one attached hydrogen (secondary N) is 1. The Bertz CT molecular complexity index is 628. The Labute approximate surface area is 128 Å². The highest BCUT2D eigenvalue weighted by Gasteiger charge is 2.44. The molecule has 1 heterocycles. The molecule has 6 nitrogen and oxygen atoms in total. The van der Waals surface area contributed by atoms with E-state index < -0.39 is 11.6 Å². The Morgan fingerprint density at radius 2 is 2.10 bits per heavy atom. The van der Waals surface area contributed by atoms with E-state index in [9.17, 15) is 9.59 Å². The van der Waals surface area contributed by atoms with E-state index in [0.29, 0.717) is 11.3 Å². The van der Waals surface area contributed by atoms with Gasteiger partial charge in [-0.05, 0) is 31.5 Å². The zero-order valence-electron chi connectivity index (χ0n) is 12.1. The van der Waals surface area contributed by atoms with Crippen molar-refractivity contribution in [3.63, 3.8) is 0 Å². The van der Waals surface area contributed by atoms with Crippen molar-refractivity contribution < 1.29 is 14.3 Å². The first-order chi connectivity index (χ1) is 9.76. The van der Waals surface area contributed by atoms with E-state index in [4.69, 9.17) is 22.7 Å². The fourth-order valence-electron chi connectivity index (χ4n) is 2.19. The number of amides is 3. The van der Waals surface area contributed by atoms with E-state index in [1.165, 1.54) is 12.0 Å². The number of carbonyl (C=O) groups excluding carboxylic acids is 2. The van der Waals surface area contributed by atoms with Crippen LogP contribution in [-0.2, 0) is 11.3 Å². The van der Waals surface area contributed by atoms with Gasteiger partial charge in [0.1, 0.15) is 16.3 Å². The van der Waals surface area contributed by atoms with Gasteiger partial charge in [0, 0.05) is 0 Å². The molecule has 112 valence electrons. The summed E-state index contributed by atoms with van der Waals surface area (Å²) in [6.45, 7) is 3.50. The van der Waals surface area contributed by atoms with E-state index >= 15 is 0 Å². The molecule has 0 saturated carbocycles. The summed E-state index contributed by atoms with van der Waals surface area (Å²) in [5.74, 6) is 0.295. The van der Waals surface area contributed by atoms with Crippen LogP contribution in [-0.4, -0.2) is 34.5 Å². The Hall–Kier alpha value is -2.15. The third-order valence-electron chi connectivity index (χ3n) is 3.31. The van der Waals surface area contributed by atoms with Crippen LogP contribution in [0.3, 0.4) is 0 Å². The SMILES string of the molecule is COc1ccc(CN2C(=O)NC(C)(C)C2=O)cc1C(N)=S. The molecule has 1 aliphatic rings. The van der Waals surface area contributed by atoms with Gasteiger partial charge in [0.2, 0.25) is 0 Å². The van der Waals surface area contributed by atoms with Crippen LogP contribution in [0.5, 0.6) is 5.75 Å². The summed E-state index contributed by atoms with van der Waals surface area (Å²) in [5, 5.41) is 2.64. The van der Waals surface area contributed by atoms with Crippen LogP contribution in [0.25, 0.3) is 0 Å². The molecule has 0 radical (unpaired) electrons. The number of nitrogens with zero attached hydrogens (tertiary/aromatic N) is 1. The van der Waals surface area contributed by atoms with E-state index in [1.54, 1.807) is 32.0 Å². The van der Waals surface area contributed by atoms with Crippen LogP contribution < -0.4 is 15.8 Å². The van der Waals surface area contributed by atoms with Crippen LogP contribution in [0.15, 0.2) is 18.2 Å². The second kappa shape index (κ2) is 5.33. The zero-order valence-corrected chi connectivity index (χ0v) is 12.9. The molecule has 1 fully saturated rings. The molecule has 1 aliphatic heterocycles. The quantitative estimate of drug-likeness (QED) is 0.644. The van der Waals surface area contributed by atoms with Gasteiger partial charge in [-0.1, -0.05) is 18.3 Å². The van der Waals surface area contributed by atoms with Crippen LogP contribution in [0.1, 0.15) is 25.0 Å². The van der Waals surface area contributed by atoms with Gasteiger partial charge in [0.15, 0.2) is 0 Å². The first-order valence-corrected chi connectivity index (χ1v) is 6.78. The maximum Gasteiger partial charge on any atom is 0.325 e. The lowest BCUT2D eigenvalue weighted by Crippen LogP contribution is -2.40. The highest BCUT2D eigenvalue weighted by Crippen LogP contribution is 2.23. The van der Waals surface area contributed by atoms with Gasteiger partial charge in [-0.3, -0.25) is 9.69 Å². The molecule has 21 heavy (non-hydrogen) atoms. The Morgan fingerprint density at radius 1 is 1.43 bits per heavy atom. The second-order valence-corrected chi connectivity index (χ2v) is 5.79. The minimum Gasteiger partial charge on any atom is -0.496 e. The Balaban J connectivity index is 2.29. The smallest absolute Gasteiger partial charge is 0.325 e. The van der Waals surface area contributed by atoms with Gasteiger partial charge in [-0.25, -0.2) is 4.79 Å². The van der Waals surface area contributed by atoms with Gasteiger partial charge >= 0.3 is 6.03 Å². The highest BCUT2D eigenvalue weighted by atomic mass is 32.1. The second-order valence-electron chi connectivity index (χ2n) is 5.35. The molecule has 1 saturated heterocycles. The summed E-state index contributed by atoms with van der Waals surface area (Å²) in [7, 11) is 1.52. The van der Waals surface area contributed by atoms with Crippen molar-refractivity contribution in [3.05, 3.63) is 29.3 Å². The summed E-state index contributed by atoms with van der Waals surface area (Å²) >= 11 is 4.98. The summed E-state index contributed by atoms with van der Waals surface area (Å²) in [5.41, 5.74) is 6.11. The number of benzene rings is 1. The van der Waals surface area contributed by atoms with E-state index in [1.807, 2.05) is 0 Å². The third kappa shape index (κ3) is 2.82. The highest BCUT2D eigenvalue weighted by molar-refractivity contribution is 7.80. The molecule has 0 atom stereocenters. The standard InChI is InChI=1S/C14H17N3O3S/c1-14(2)12(18)17(13(19)16-14)7-8-4-5-10(20-3)9(6-8)11(15)21/h4-6H,7H2,1-3H3,(H2,15,21)(H,16,19). The maximum atomic E-state index is 12.2. The van der Waals surface area contributed by atoms with Crippen LogP contribution in [0, 0.1) is 0 Å². The molecule has 3 N–H and O–H groups in total. The predicted molar refractivity (Wildman–Crippen MR) is 82.0 cm³/mol. The van der Waals surface area contributed by atoms with Crippen LogP contribution in [0.4, 0.5) is 4.79 Å². The average Bonchev–Trinajstić information content (AvgIpc) is 2.60. The molecule has 3 amide bonds. The van der Waals surface area contributed by atoms with Gasteiger partial charge in [-0.15, -0.1) is 0 Å². The molecule has 0 unspecified atom stereocenters. The number of methoxy groups -OCH3 is 1. The van der Waals surface area contributed by atoms with Gasteiger partial charge in [0.05, 0.1) is 19.2 Å². The first kappa shape index (κ1) is 15.2. The van der Waals surface area contributed by atoms with Crippen molar-refractivity contribution in [1.29, 1.82) is 0 Å². The number of hydrogen-bond donors (Lipinski definition) is 2. The molecule has 0 spiro atoms. The monoisotopic (exact) mass is 307 g/mol. The summed E-state index contributed by atoms with van der Waals surface area (Å²) in [6, 6.07) is 4.81. The molecule has 0 bridgehead atoms. The minimum absolute atomic E-state index is 0.160. The number of carbonyl (C=O) groups is 2. The lowest BCUT2D eigenvalue weighted by molar-refractivity contribution is -0.130. The minimum atomic E-state index is -0.879. The third-order valence-corrected chi connectivity index (χ3v) is 3.53. The molecular weight excluding hydrogens is 290 g/mol. The average molecular weight is 307 g/mol. The van der Waals surface area contributed by atoms with Crippen molar-refractivity contribution in [2.45, 2.75) is 25.9 Å². The lowest BCUT2D eigenvalue weighted by Gasteiger charge is -2.17. The summed E-state index contributed by atoms with van der Waals surface area (Å²) in [6.07, 6.45) is 0. The number of imide groups is 1. The number of urea groups is 1. The van der Waals surface area contributed by atoms with Crippen molar-refractivity contribution in [1.82, 2.24) is 10.2 Å². The fraction of sp³-hybridized carbons (Fsp3) is 0.357. The number of ether oxygens (including phenoxy) is 1. The topological polar surface area (TPSA) is 84.7 Å². The number of nitrogens with two attached hydrogens (primary N) is 1. The van der Waals surface area contributed by atoms with Crippen LogP contribution >= 0.6 is 12.2 Å². The summed E-state index contributed by atoms with van der Waals surface area (Å²) < 4.78 is 5.18. The number of hydrogen-bond acceptors (Lipinski definition) is 4. The van der Waals surface area contributed by atoms with Gasteiger partial charge in [-0.2, -0.15) is 0 Å². The van der Waals surface area contributed by atoms with Gasteiger partial charge < -0.3 is 15.8 Å². The Kier molecular flexibility index (Phi) is 3.87. The largest absolute Gasteiger partial charge is 0.496 e. The van der Waals surface area contributed by atoms with Crippen molar-refractivity contribution >= 4 is 29.1 Å². The van der Waals surface area contributed by atoms with Crippen LogP contribution in [0.2, 0.25) is 0 Å². The van der Waals surface area contributed by atoms with E-state index in [-0.39, 0.29) is 17.4 Å².